The van der Waals surface area contributed by atoms with Gasteiger partial charge in [-0.25, -0.2) is 4.79 Å². The molecule has 40 heavy (non-hydrogen) atoms. The van der Waals surface area contributed by atoms with Gasteiger partial charge in [-0.2, -0.15) is 0 Å². The van der Waals surface area contributed by atoms with E-state index in [1.807, 2.05) is 24.3 Å². The zero-order valence-electron chi connectivity index (χ0n) is 24.5. The van der Waals surface area contributed by atoms with E-state index in [0.717, 1.165) is 60.4 Å². The molecule has 5 heteroatoms. The normalized spacial score (nSPS) is 17.9. The average molecular weight is 545 g/mol. The van der Waals surface area contributed by atoms with Crippen molar-refractivity contribution in [1.29, 1.82) is 0 Å². The number of hydrogen-bond acceptors (Lipinski definition) is 5. The Labute approximate surface area is 238 Å². The standard InChI is InChI=1S/C35H44O5/c1-5-23(6-2)25-13-9-15-27-26(25)14-10-16-28(27)35(38)40-20-19-39-34-31(21(3)36)29-17-7-11-24-12-8-18-30(33(24)29)32(34)22(4)37/h9-10,13-16,21-24,36-37H,5-8,11-12,17-20H2,1-4H3. The van der Waals surface area contributed by atoms with Crippen molar-refractivity contribution in [1.82, 2.24) is 0 Å². The summed E-state index contributed by atoms with van der Waals surface area (Å²) in [7, 11) is 0. The molecule has 0 amide bonds. The predicted molar refractivity (Wildman–Crippen MR) is 159 cm³/mol. The fourth-order valence-corrected chi connectivity index (χ4v) is 7.40. The second-order valence-electron chi connectivity index (χ2n) is 11.6. The first-order valence-electron chi connectivity index (χ1n) is 15.3. The number of rotatable bonds is 10. The summed E-state index contributed by atoms with van der Waals surface area (Å²) in [5.74, 6) is 1.17. The van der Waals surface area contributed by atoms with Crippen LogP contribution < -0.4 is 4.74 Å². The maximum Gasteiger partial charge on any atom is 0.338 e. The van der Waals surface area contributed by atoms with Gasteiger partial charge in [0, 0.05) is 11.1 Å². The van der Waals surface area contributed by atoms with Crippen molar-refractivity contribution in [3.8, 4) is 5.75 Å². The second kappa shape index (κ2) is 12.3. The highest BCUT2D eigenvalue weighted by Gasteiger charge is 2.35. The third-order valence-corrected chi connectivity index (χ3v) is 9.16. The molecule has 0 spiro atoms. The summed E-state index contributed by atoms with van der Waals surface area (Å²) in [5, 5.41) is 23.8. The fraction of sp³-hybridized carbons (Fsp3) is 0.514. The highest BCUT2D eigenvalue weighted by Crippen LogP contribution is 2.50. The van der Waals surface area contributed by atoms with Crippen LogP contribution in [0.5, 0.6) is 5.75 Å². The Morgan fingerprint density at radius 3 is 2.08 bits per heavy atom. The van der Waals surface area contributed by atoms with Crippen LogP contribution in [0, 0.1) is 0 Å². The highest BCUT2D eigenvalue weighted by molar-refractivity contribution is 6.05. The molecule has 5 rings (SSSR count). The molecule has 2 aliphatic rings. The minimum absolute atomic E-state index is 0.0784. The minimum Gasteiger partial charge on any atom is -0.489 e. The molecule has 2 N–H and O–H groups in total. The molecule has 0 fully saturated rings. The summed E-state index contributed by atoms with van der Waals surface area (Å²) in [4.78, 5) is 13.2. The average Bonchev–Trinajstić information content (AvgIpc) is 2.95. The van der Waals surface area contributed by atoms with Crippen molar-refractivity contribution in [3.05, 3.63) is 75.3 Å². The molecule has 0 radical (unpaired) electrons. The number of esters is 1. The van der Waals surface area contributed by atoms with Gasteiger partial charge in [0.25, 0.3) is 0 Å². The van der Waals surface area contributed by atoms with Crippen LogP contribution in [-0.4, -0.2) is 29.4 Å². The molecule has 2 unspecified atom stereocenters. The van der Waals surface area contributed by atoms with Crippen molar-refractivity contribution in [2.75, 3.05) is 13.2 Å². The lowest BCUT2D eigenvalue weighted by Crippen LogP contribution is -2.24. The van der Waals surface area contributed by atoms with Crippen molar-refractivity contribution in [3.63, 3.8) is 0 Å². The van der Waals surface area contributed by atoms with Gasteiger partial charge >= 0.3 is 5.97 Å². The first-order chi connectivity index (χ1) is 19.4. The fourth-order valence-electron chi connectivity index (χ4n) is 7.40. The molecular weight excluding hydrogens is 500 g/mol. The van der Waals surface area contributed by atoms with E-state index >= 15 is 0 Å². The summed E-state index contributed by atoms with van der Waals surface area (Å²) < 4.78 is 12.0. The minimum atomic E-state index is -0.712. The number of fused-ring (bicyclic) bond motifs is 1. The molecule has 3 aromatic carbocycles. The number of carbonyl (C=O) groups is 1. The van der Waals surface area contributed by atoms with Crippen LogP contribution in [0.2, 0.25) is 0 Å². The summed E-state index contributed by atoms with van der Waals surface area (Å²) in [6, 6.07) is 12.0. The predicted octanol–water partition coefficient (Wildman–Crippen LogP) is 7.84. The Bertz CT molecular complexity index is 1320. The van der Waals surface area contributed by atoms with Crippen LogP contribution >= 0.6 is 0 Å². The topological polar surface area (TPSA) is 76.0 Å². The third kappa shape index (κ3) is 5.26. The highest BCUT2D eigenvalue weighted by atomic mass is 16.6. The van der Waals surface area contributed by atoms with Crippen LogP contribution in [0.4, 0.5) is 0 Å². The van der Waals surface area contributed by atoms with E-state index in [1.54, 1.807) is 13.8 Å². The maximum absolute atomic E-state index is 13.2. The molecule has 5 nitrogen and oxygen atoms in total. The van der Waals surface area contributed by atoms with E-state index in [0.29, 0.717) is 23.1 Å². The van der Waals surface area contributed by atoms with Crippen LogP contribution in [0.1, 0.15) is 134 Å². The van der Waals surface area contributed by atoms with E-state index in [4.69, 9.17) is 9.47 Å². The number of carbonyl (C=O) groups excluding carboxylic acids is 1. The maximum atomic E-state index is 13.2. The van der Waals surface area contributed by atoms with Crippen LogP contribution in [0.25, 0.3) is 10.8 Å². The first kappa shape index (κ1) is 28.6. The summed E-state index contributed by atoms with van der Waals surface area (Å²) >= 11 is 0. The van der Waals surface area contributed by atoms with Crippen molar-refractivity contribution < 1.29 is 24.5 Å². The molecule has 0 aromatic heterocycles. The molecule has 0 saturated carbocycles. The molecule has 3 aromatic rings. The smallest absolute Gasteiger partial charge is 0.338 e. The van der Waals surface area contributed by atoms with Crippen molar-refractivity contribution in [2.45, 2.75) is 103 Å². The van der Waals surface area contributed by atoms with Crippen molar-refractivity contribution >= 4 is 16.7 Å². The molecular formula is C35H44O5. The Kier molecular flexibility index (Phi) is 8.82. The van der Waals surface area contributed by atoms with E-state index in [1.165, 1.54) is 35.1 Å². The third-order valence-electron chi connectivity index (χ3n) is 9.16. The van der Waals surface area contributed by atoms with Gasteiger partial charge in [0.2, 0.25) is 0 Å². The van der Waals surface area contributed by atoms with Gasteiger partial charge in [0.05, 0.1) is 17.8 Å². The van der Waals surface area contributed by atoms with Gasteiger partial charge in [-0.05, 0) is 116 Å². The van der Waals surface area contributed by atoms with Gasteiger partial charge in [-0.3, -0.25) is 0 Å². The zero-order chi connectivity index (χ0) is 28.4. The first-order valence-corrected chi connectivity index (χ1v) is 15.3. The number of benzene rings is 3. The summed E-state index contributed by atoms with van der Waals surface area (Å²) in [5.41, 5.74) is 7.21. The van der Waals surface area contributed by atoms with Gasteiger partial charge in [0.1, 0.15) is 19.0 Å². The van der Waals surface area contributed by atoms with E-state index in [-0.39, 0.29) is 19.2 Å². The Morgan fingerprint density at radius 2 is 1.48 bits per heavy atom. The molecule has 0 bridgehead atoms. The van der Waals surface area contributed by atoms with Crippen LogP contribution in [0.15, 0.2) is 36.4 Å². The van der Waals surface area contributed by atoms with E-state index in [9.17, 15) is 15.0 Å². The molecule has 0 heterocycles. The summed E-state index contributed by atoms with van der Waals surface area (Å²) in [6.07, 6.45) is 7.06. The lowest BCUT2D eigenvalue weighted by atomic mass is 9.69. The molecule has 0 saturated heterocycles. The van der Waals surface area contributed by atoms with Gasteiger partial charge in [0.15, 0.2) is 0 Å². The number of aliphatic hydroxyl groups is 2. The molecule has 214 valence electrons. The quantitative estimate of drug-likeness (QED) is 0.201. The molecule has 2 atom stereocenters. The number of ether oxygens (including phenoxy) is 2. The molecule has 2 aliphatic carbocycles. The van der Waals surface area contributed by atoms with Crippen molar-refractivity contribution in [2.24, 2.45) is 0 Å². The zero-order valence-corrected chi connectivity index (χ0v) is 24.5. The second-order valence-corrected chi connectivity index (χ2v) is 11.6. The lowest BCUT2D eigenvalue weighted by molar-refractivity contribution is 0.0447. The number of hydrogen-bond donors (Lipinski definition) is 2. The largest absolute Gasteiger partial charge is 0.489 e. The molecule has 0 aliphatic heterocycles. The lowest BCUT2D eigenvalue weighted by Gasteiger charge is -2.37. The number of aliphatic hydroxyl groups excluding tert-OH is 2. The summed E-state index contributed by atoms with van der Waals surface area (Å²) in [6.45, 7) is 8.19. The van der Waals surface area contributed by atoms with Crippen LogP contribution in [0.3, 0.4) is 0 Å². The van der Waals surface area contributed by atoms with E-state index < -0.39 is 12.2 Å². The SMILES string of the molecule is CCC(CC)c1cccc2c(C(=O)OCCOc3c(C(C)O)c4c5c(c3C(C)O)CCCC5CCC4)cccc12. The monoisotopic (exact) mass is 544 g/mol. The Hall–Kier alpha value is -2.89. The Morgan fingerprint density at radius 1 is 0.875 bits per heavy atom. The van der Waals surface area contributed by atoms with Gasteiger partial charge in [-0.1, -0.05) is 44.2 Å². The van der Waals surface area contributed by atoms with Gasteiger partial charge in [-0.15, -0.1) is 0 Å². The van der Waals surface area contributed by atoms with E-state index in [2.05, 4.69) is 26.0 Å². The van der Waals surface area contributed by atoms with Gasteiger partial charge < -0.3 is 19.7 Å². The Balaban J connectivity index is 1.38. The van der Waals surface area contributed by atoms with Crippen LogP contribution in [-0.2, 0) is 17.6 Å².